The molecule has 0 fully saturated rings. The van der Waals surface area contributed by atoms with Gasteiger partial charge in [-0.25, -0.2) is 4.98 Å². The number of aromatic nitrogens is 2. The quantitative estimate of drug-likeness (QED) is 0.201. The Morgan fingerprint density at radius 3 is 2.00 bits per heavy atom. The predicted octanol–water partition coefficient (Wildman–Crippen LogP) is 11.6. The summed E-state index contributed by atoms with van der Waals surface area (Å²) in [6.45, 7) is 0. The molecule has 9 aromatic rings. The number of benzene rings is 6. The molecule has 0 aliphatic rings. The van der Waals surface area contributed by atoms with Gasteiger partial charge in [0.15, 0.2) is 0 Å². The van der Waals surface area contributed by atoms with Gasteiger partial charge >= 0.3 is 0 Å². The molecule has 2 nitrogen and oxygen atoms in total. The van der Waals surface area contributed by atoms with E-state index in [-0.39, 0.29) is 0 Å². The van der Waals surface area contributed by atoms with Crippen molar-refractivity contribution < 1.29 is 0 Å². The van der Waals surface area contributed by atoms with Crippen molar-refractivity contribution in [1.82, 2.24) is 9.55 Å². The maximum Gasteiger partial charge on any atom is 0.147 e. The number of rotatable bonds is 4. The molecule has 0 atom stereocenters. The molecule has 0 bridgehead atoms. The molecule has 0 saturated heterocycles. The third-order valence-electron chi connectivity index (χ3n) is 8.32. The zero-order valence-electron chi connectivity index (χ0n) is 23.1. The summed E-state index contributed by atoms with van der Waals surface area (Å²) in [7, 11) is 0. The van der Waals surface area contributed by atoms with Crippen molar-refractivity contribution in [2.45, 2.75) is 0 Å². The van der Waals surface area contributed by atoms with Crippen LogP contribution in [0.4, 0.5) is 0 Å². The molecular weight excluding hydrogens is 561 g/mol. The van der Waals surface area contributed by atoms with Crippen LogP contribution >= 0.6 is 22.7 Å². The fourth-order valence-electron chi connectivity index (χ4n) is 6.19. The Balaban J connectivity index is 1.20. The smallest absolute Gasteiger partial charge is 0.147 e. The molecule has 6 aromatic carbocycles. The van der Waals surface area contributed by atoms with E-state index in [1.54, 1.807) is 11.3 Å². The van der Waals surface area contributed by atoms with Crippen LogP contribution in [0, 0.1) is 0 Å². The first-order chi connectivity index (χ1) is 21.3. The van der Waals surface area contributed by atoms with Gasteiger partial charge in [-0.3, -0.25) is 4.57 Å². The molecule has 4 heteroatoms. The second-order valence-corrected chi connectivity index (χ2v) is 12.8. The molecule has 0 N–H and O–H groups in total. The minimum atomic E-state index is 0.969. The number of para-hydroxylation sites is 2. The topological polar surface area (TPSA) is 17.8 Å². The van der Waals surface area contributed by atoms with Gasteiger partial charge in [-0.15, -0.1) is 22.7 Å². The first-order valence-electron chi connectivity index (χ1n) is 14.4. The van der Waals surface area contributed by atoms with Crippen LogP contribution in [-0.4, -0.2) is 9.55 Å². The van der Waals surface area contributed by atoms with Crippen molar-refractivity contribution in [1.29, 1.82) is 0 Å². The van der Waals surface area contributed by atoms with E-state index in [0.717, 1.165) is 28.1 Å². The SMILES string of the molecule is c1ccc(-c2ccc(-n3c(-c4csc5ccc(-c6ccc7sc8ccccc8c7c6)cc45)nc4ccccc43)cc2)cc1. The lowest BCUT2D eigenvalue weighted by Crippen LogP contribution is -1.97. The molecule has 202 valence electrons. The number of imidazole rings is 1. The standard InChI is InChI=1S/C39H24N2S2/c1-2-8-25(9-3-1)26-14-18-29(19-15-26)41-35-12-6-5-11-34(35)40-39(41)33-24-42-36-20-16-27(23-32(33)36)28-17-21-38-31(22-28)30-10-4-7-13-37(30)43-38/h1-24H. The monoisotopic (exact) mass is 584 g/mol. The zero-order valence-corrected chi connectivity index (χ0v) is 24.7. The van der Waals surface area contributed by atoms with Gasteiger partial charge in [0.1, 0.15) is 5.82 Å². The van der Waals surface area contributed by atoms with Crippen molar-refractivity contribution in [2.75, 3.05) is 0 Å². The normalized spacial score (nSPS) is 11.7. The maximum atomic E-state index is 5.20. The van der Waals surface area contributed by atoms with Crippen molar-refractivity contribution >= 4 is 64.0 Å². The van der Waals surface area contributed by atoms with Crippen LogP contribution in [0.25, 0.3) is 80.6 Å². The predicted molar refractivity (Wildman–Crippen MR) is 186 cm³/mol. The lowest BCUT2D eigenvalue weighted by atomic mass is 10.0. The van der Waals surface area contributed by atoms with E-state index in [1.165, 1.54) is 52.5 Å². The van der Waals surface area contributed by atoms with Crippen LogP contribution in [0.3, 0.4) is 0 Å². The summed E-state index contributed by atoms with van der Waals surface area (Å²) in [5, 5.41) is 6.15. The highest BCUT2D eigenvalue weighted by Crippen LogP contribution is 2.41. The molecule has 0 saturated carbocycles. The van der Waals surface area contributed by atoms with Gasteiger partial charge in [0.25, 0.3) is 0 Å². The van der Waals surface area contributed by atoms with Gasteiger partial charge < -0.3 is 0 Å². The first-order valence-corrected chi connectivity index (χ1v) is 16.1. The van der Waals surface area contributed by atoms with E-state index in [1.807, 2.05) is 11.3 Å². The van der Waals surface area contributed by atoms with Gasteiger partial charge in [0.2, 0.25) is 0 Å². The van der Waals surface area contributed by atoms with Gasteiger partial charge in [-0.05, 0) is 76.9 Å². The van der Waals surface area contributed by atoms with E-state index >= 15 is 0 Å². The largest absolute Gasteiger partial charge is 0.292 e. The average Bonchev–Trinajstić information content (AvgIpc) is 3.77. The molecule has 3 heterocycles. The highest BCUT2D eigenvalue weighted by atomic mass is 32.1. The number of thiophene rings is 2. The van der Waals surface area contributed by atoms with E-state index < -0.39 is 0 Å². The van der Waals surface area contributed by atoms with Crippen LogP contribution in [0.5, 0.6) is 0 Å². The summed E-state index contributed by atoms with van der Waals surface area (Å²) in [5.41, 5.74) is 9.25. The van der Waals surface area contributed by atoms with Crippen LogP contribution in [0.2, 0.25) is 0 Å². The van der Waals surface area contributed by atoms with E-state index in [0.29, 0.717) is 0 Å². The van der Waals surface area contributed by atoms with Gasteiger partial charge in [0.05, 0.1) is 11.0 Å². The van der Waals surface area contributed by atoms with Gasteiger partial charge in [-0.2, -0.15) is 0 Å². The molecule has 0 radical (unpaired) electrons. The molecule has 0 unspecified atom stereocenters. The number of nitrogens with zero attached hydrogens (tertiary/aromatic N) is 2. The van der Waals surface area contributed by atoms with E-state index in [2.05, 4.69) is 149 Å². The van der Waals surface area contributed by atoms with Crippen LogP contribution in [-0.2, 0) is 0 Å². The lowest BCUT2D eigenvalue weighted by molar-refractivity contribution is 1.11. The minimum Gasteiger partial charge on any atom is -0.292 e. The Morgan fingerprint density at radius 1 is 0.488 bits per heavy atom. The second kappa shape index (κ2) is 9.77. The third kappa shape index (κ3) is 4.03. The van der Waals surface area contributed by atoms with Crippen LogP contribution < -0.4 is 0 Å². The maximum absolute atomic E-state index is 5.20. The Bertz CT molecular complexity index is 2440. The lowest BCUT2D eigenvalue weighted by Gasteiger charge is -2.11. The molecule has 43 heavy (non-hydrogen) atoms. The third-order valence-corrected chi connectivity index (χ3v) is 10.4. The zero-order chi connectivity index (χ0) is 28.3. The minimum absolute atomic E-state index is 0.969. The summed E-state index contributed by atoms with van der Waals surface area (Å²) in [5.74, 6) is 0.969. The molecule has 9 rings (SSSR count). The van der Waals surface area contributed by atoms with Gasteiger partial charge in [-0.1, -0.05) is 84.9 Å². The molecule has 0 aliphatic heterocycles. The molecule has 0 amide bonds. The first kappa shape index (κ1) is 24.6. The van der Waals surface area contributed by atoms with Crippen molar-refractivity contribution in [3.05, 3.63) is 145 Å². The summed E-state index contributed by atoms with van der Waals surface area (Å²) in [6, 6.07) is 50.2. The molecular formula is C39H24N2S2. The number of hydrogen-bond donors (Lipinski definition) is 0. The highest BCUT2D eigenvalue weighted by molar-refractivity contribution is 7.25. The van der Waals surface area contributed by atoms with Crippen LogP contribution in [0.1, 0.15) is 0 Å². The molecule has 0 spiro atoms. The van der Waals surface area contributed by atoms with Gasteiger partial charge in [0, 0.05) is 46.9 Å². The number of hydrogen-bond acceptors (Lipinski definition) is 3. The fourth-order valence-corrected chi connectivity index (χ4v) is 8.20. The van der Waals surface area contributed by atoms with Crippen LogP contribution in [0.15, 0.2) is 145 Å². The molecule has 3 aromatic heterocycles. The Hall–Kier alpha value is -5.03. The fraction of sp³-hybridized carbons (Fsp3) is 0. The van der Waals surface area contributed by atoms with E-state index in [9.17, 15) is 0 Å². The Morgan fingerprint density at radius 2 is 1.14 bits per heavy atom. The second-order valence-electron chi connectivity index (χ2n) is 10.8. The average molecular weight is 585 g/mol. The Kier molecular flexibility index (Phi) is 5.58. The van der Waals surface area contributed by atoms with Crippen molar-refractivity contribution in [3.63, 3.8) is 0 Å². The van der Waals surface area contributed by atoms with Crippen molar-refractivity contribution in [3.8, 4) is 39.3 Å². The summed E-state index contributed by atoms with van der Waals surface area (Å²) in [4.78, 5) is 5.20. The highest BCUT2D eigenvalue weighted by Gasteiger charge is 2.18. The summed E-state index contributed by atoms with van der Waals surface area (Å²) < 4.78 is 6.23. The summed E-state index contributed by atoms with van der Waals surface area (Å²) in [6.07, 6.45) is 0. The Labute approximate surface area is 256 Å². The number of fused-ring (bicyclic) bond motifs is 5. The summed E-state index contributed by atoms with van der Waals surface area (Å²) >= 11 is 3.64. The van der Waals surface area contributed by atoms with Crippen molar-refractivity contribution in [2.24, 2.45) is 0 Å². The van der Waals surface area contributed by atoms with E-state index in [4.69, 9.17) is 4.98 Å². The molecule has 0 aliphatic carbocycles.